The van der Waals surface area contributed by atoms with Crippen molar-refractivity contribution in [2.75, 3.05) is 13.2 Å². The smallest absolute Gasteiger partial charge is 0.344 e. The van der Waals surface area contributed by atoms with E-state index in [0.717, 1.165) is 16.9 Å². The van der Waals surface area contributed by atoms with Crippen molar-refractivity contribution in [2.45, 2.75) is 19.4 Å². The first kappa shape index (κ1) is 20.6. The fourth-order valence-electron chi connectivity index (χ4n) is 2.77. The summed E-state index contributed by atoms with van der Waals surface area (Å²) in [5, 5.41) is 4.89. The quantitative estimate of drug-likeness (QED) is 0.540. The molecule has 1 aromatic heterocycles. The molecular weight excluding hydrogens is 386 g/mol. The number of amides is 1. The molecule has 0 saturated heterocycles. The number of thiophene rings is 1. The Morgan fingerprint density at radius 3 is 2.38 bits per heavy atom. The Bertz CT molecular complexity index is 908. The molecule has 0 aliphatic heterocycles. The van der Waals surface area contributed by atoms with Crippen LogP contribution in [0.25, 0.3) is 0 Å². The molecule has 2 aromatic carbocycles. The number of rotatable bonds is 9. The highest BCUT2D eigenvalue weighted by atomic mass is 32.1. The number of nitrogens with one attached hydrogen (secondary N) is 1. The predicted molar refractivity (Wildman–Crippen MR) is 113 cm³/mol. The second kappa shape index (κ2) is 10.4. The minimum Gasteiger partial charge on any atom is -0.482 e. The Kier molecular flexibility index (Phi) is 7.41. The summed E-state index contributed by atoms with van der Waals surface area (Å²) in [6, 6.07) is 20.8. The molecule has 1 amide bonds. The minimum atomic E-state index is -0.591. The number of aryl methyl sites for hydroxylation is 1. The van der Waals surface area contributed by atoms with Crippen LogP contribution in [-0.2, 0) is 20.7 Å². The number of benzene rings is 2. The third kappa shape index (κ3) is 6.19. The summed E-state index contributed by atoms with van der Waals surface area (Å²) in [6.07, 6.45) is 0.937. The molecular formula is C23H23NO4S. The molecule has 1 heterocycles. The predicted octanol–water partition coefficient (Wildman–Crippen LogP) is 4.14. The van der Waals surface area contributed by atoms with Gasteiger partial charge in [0.15, 0.2) is 13.2 Å². The Labute approximate surface area is 174 Å². The standard InChI is InChI=1S/C23H23NO4S/c1-2-17-10-12-19(13-11-17)27-16-22(26)28-15-21(25)24-23(20-9-6-14-29-20)18-7-4-3-5-8-18/h3-14,23H,2,15-16H2,1H3,(H,24,25)/t23-/m0/s1. The van der Waals surface area contributed by atoms with Gasteiger partial charge in [-0.3, -0.25) is 4.79 Å². The van der Waals surface area contributed by atoms with Gasteiger partial charge in [0.25, 0.3) is 5.91 Å². The third-order valence-corrected chi connectivity index (χ3v) is 5.26. The number of carbonyl (C=O) groups excluding carboxylic acids is 2. The molecule has 0 fully saturated rings. The molecule has 0 saturated carbocycles. The summed E-state index contributed by atoms with van der Waals surface area (Å²) in [5.74, 6) is -0.370. The molecule has 0 aliphatic carbocycles. The third-order valence-electron chi connectivity index (χ3n) is 4.32. The van der Waals surface area contributed by atoms with E-state index in [1.54, 1.807) is 11.3 Å². The first-order valence-electron chi connectivity index (χ1n) is 9.40. The van der Waals surface area contributed by atoms with E-state index in [1.165, 1.54) is 5.56 Å². The molecule has 0 unspecified atom stereocenters. The molecule has 3 rings (SSSR count). The average molecular weight is 410 g/mol. The van der Waals surface area contributed by atoms with Crippen molar-refractivity contribution in [2.24, 2.45) is 0 Å². The first-order chi connectivity index (χ1) is 14.2. The van der Waals surface area contributed by atoms with Crippen molar-refractivity contribution in [1.82, 2.24) is 5.32 Å². The van der Waals surface area contributed by atoms with Gasteiger partial charge in [-0.25, -0.2) is 4.79 Å². The highest BCUT2D eigenvalue weighted by Gasteiger charge is 2.18. The maximum Gasteiger partial charge on any atom is 0.344 e. The minimum absolute atomic E-state index is 0.244. The number of carbonyl (C=O) groups is 2. The highest BCUT2D eigenvalue weighted by molar-refractivity contribution is 7.10. The zero-order valence-electron chi connectivity index (χ0n) is 16.2. The van der Waals surface area contributed by atoms with E-state index in [4.69, 9.17) is 9.47 Å². The van der Waals surface area contributed by atoms with E-state index in [-0.39, 0.29) is 25.2 Å². The SMILES string of the molecule is CCc1ccc(OCC(=O)OCC(=O)N[C@@H](c2ccccc2)c2cccs2)cc1. The van der Waals surface area contributed by atoms with E-state index < -0.39 is 5.97 Å². The Balaban J connectivity index is 1.49. The van der Waals surface area contributed by atoms with Crippen LogP contribution in [0.4, 0.5) is 0 Å². The zero-order valence-corrected chi connectivity index (χ0v) is 17.0. The average Bonchev–Trinajstić information content (AvgIpc) is 3.30. The summed E-state index contributed by atoms with van der Waals surface area (Å²) >= 11 is 1.56. The second-order valence-electron chi connectivity index (χ2n) is 6.37. The summed E-state index contributed by atoms with van der Waals surface area (Å²) < 4.78 is 10.5. The normalized spacial score (nSPS) is 11.5. The lowest BCUT2D eigenvalue weighted by Crippen LogP contribution is -2.33. The molecule has 3 aromatic rings. The molecule has 5 nitrogen and oxygen atoms in total. The van der Waals surface area contributed by atoms with Crippen LogP contribution in [0, 0.1) is 0 Å². The Hall–Kier alpha value is -3.12. The van der Waals surface area contributed by atoms with Crippen LogP contribution in [0.1, 0.15) is 29.0 Å². The first-order valence-corrected chi connectivity index (χ1v) is 10.3. The molecule has 1 N–H and O–H groups in total. The number of esters is 1. The van der Waals surface area contributed by atoms with Gasteiger partial charge >= 0.3 is 5.97 Å². The number of ether oxygens (including phenoxy) is 2. The van der Waals surface area contributed by atoms with Gasteiger partial charge < -0.3 is 14.8 Å². The fraction of sp³-hybridized carbons (Fsp3) is 0.217. The zero-order chi connectivity index (χ0) is 20.5. The lowest BCUT2D eigenvalue weighted by atomic mass is 10.1. The molecule has 6 heteroatoms. The van der Waals surface area contributed by atoms with E-state index >= 15 is 0 Å². The van der Waals surface area contributed by atoms with Crippen LogP contribution in [0.5, 0.6) is 5.75 Å². The van der Waals surface area contributed by atoms with Crippen LogP contribution >= 0.6 is 11.3 Å². The lowest BCUT2D eigenvalue weighted by molar-refractivity contribution is -0.150. The van der Waals surface area contributed by atoms with Crippen molar-refractivity contribution in [1.29, 1.82) is 0 Å². The molecule has 29 heavy (non-hydrogen) atoms. The molecule has 0 spiro atoms. The highest BCUT2D eigenvalue weighted by Crippen LogP contribution is 2.25. The monoisotopic (exact) mass is 409 g/mol. The maximum atomic E-state index is 12.3. The summed E-state index contributed by atoms with van der Waals surface area (Å²) in [7, 11) is 0. The van der Waals surface area contributed by atoms with Gasteiger partial charge in [-0.05, 0) is 41.1 Å². The largest absolute Gasteiger partial charge is 0.482 e. The van der Waals surface area contributed by atoms with E-state index in [2.05, 4.69) is 12.2 Å². The molecule has 1 atom stereocenters. The van der Waals surface area contributed by atoms with Gasteiger partial charge in [-0.15, -0.1) is 11.3 Å². The van der Waals surface area contributed by atoms with E-state index in [1.807, 2.05) is 72.1 Å². The fourth-order valence-corrected chi connectivity index (χ4v) is 3.58. The van der Waals surface area contributed by atoms with Crippen LogP contribution in [0.15, 0.2) is 72.1 Å². The van der Waals surface area contributed by atoms with Crippen molar-refractivity contribution in [3.8, 4) is 5.75 Å². The maximum absolute atomic E-state index is 12.3. The van der Waals surface area contributed by atoms with Gasteiger partial charge in [0.05, 0.1) is 6.04 Å². The topological polar surface area (TPSA) is 64.6 Å². The van der Waals surface area contributed by atoms with Crippen LogP contribution < -0.4 is 10.1 Å². The summed E-state index contributed by atoms with van der Waals surface area (Å²) in [4.78, 5) is 25.3. The van der Waals surface area contributed by atoms with Gasteiger partial charge in [-0.2, -0.15) is 0 Å². The Morgan fingerprint density at radius 2 is 1.72 bits per heavy atom. The molecule has 0 bridgehead atoms. The van der Waals surface area contributed by atoms with Crippen molar-refractivity contribution >= 4 is 23.2 Å². The van der Waals surface area contributed by atoms with Crippen LogP contribution in [0.2, 0.25) is 0 Å². The van der Waals surface area contributed by atoms with E-state index in [0.29, 0.717) is 5.75 Å². The van der Waals surface area contributed by atoms with Crippen LogP contribution in [0.3, 0.4) is 0 Å². The van der Waals surface area contributed by atoms with Gasteiger partial charge in [0.1, 0.15) is 5.75 Å². The summed E-state index contributed by atoms with van der Waals surface area (Å²) in [5.41, 5.74) is 2.16. The number of hydrogen-bond donors (Lipinski definition) is 1. The number of hydrogen-bond acceptors (Lipinski definition) is 5. The van der Waals surface area contributed by atoms with E-state index in [9.17, 15) is 9.59 Å². The Morgan fingerprint density at radius 1 is 0.966 bits per heavy atom. The molecule has 150 valence electrons. The van der Waals surface area contributed by atoms with Crippen molar-refractivity contribution in [3.63, 3.8) is 0 Å². The van der Waals surface area contributed by atoms with Gasteiger partial charge in [0.2, 0.25) is 0 Å². The van der Waals surface area contributed by atoms with Gasteiger partial charge in [-0.1, -0.05) is 55.5 Å². The van der Waals surface area contributed by atoms with Crippen LogP contribution in [-0.4, -0.2) is 25.1 Å². The molecule has 0 aliphatic rings. The second-order valence-corrected chi connectivity index (χ2v) is 7.35. The van der Waals surface area contributed by atoms with Crippen molar-refractivity contribution < 1.29 is 19.1 Å². The lowest BCUT2D eigenvalue weighted by Gasteiger charge is -2.18. The summed E-state index contributed by atoms with van der Waals surface area (Å²) in [6.45, 7) is 1.47. The molecule has 0 radical (unpaired) electrons. The van der Waals surface area contributed by atoms with Gasteiger partial charge in [0, 0.05) is 4.88 Å². The van der Waals surface area contributed by atoms with Crippen molar-refractivity contribution in [3.05, 3.63) is 88.1 Å².